The number of hydrogen-bond acceptors (Lipinski definition) is 2. The molecule has 0 unspecified atom stereocenters. The molecule has 0 aliphatic heterocycles. The Labute approximate surface area is 124 Å². The van der Waals surface area contributed by atoms with Gasteiger partial charge in [-0.3, -0.25) is 0 Å². The van der Waals surface area contributed by atoms with Crippen LogP contribution in [0, 0.1) is 18.3 Å². The first-order valence-corrected chi connectivity index (χ1v) is 7.16. The topological polar surface area (TPSA) is 41.6 Å². The zero-order valence-corrected chi connectivity index (χ0v) is 12.3. The normalized spacial score (nSPS) is 10.7. The summed E-state index contributed by atoms with van der Waals surface area (Å²) < 4.78 is 2.22. The Morgan fingerprint density at radius 3 is 2.76 bits per heavy atom. The van der Waals surface area contributed by atoms with Crippen molar-refractivity contribution >= 4 is 11.0 Å². The maximum Gasteiger partial charge on any atom is 0.114 e. The van der Waals surface area contributed by atoms with E-state index in [4.69, 9.17) is 10.2 Å². The number of aromatic nitrogens is 2. The first-order chi connectivity index (χ1) is 10.2. The Hall–Kier alpha value is -2.60. The van der Waals surface area contributed by atoms with Gasteiger partial charge in [0.1, 0.15) is 5.82 Å². The number of nitrogens with zero attached hydrogens (tertiary/aromatic N) is 3. The maximum atomic E-state index is 9.01. The summed E-state index contributed by atoms with van der Waals surface area (Å²) >= 11 is 0. The second kappa shape index (κ2) is 5.41. The molecular formula is C18H17N3. The number of rotatable bonds is 3. The Balaban J connectivity index is 2.07. The lowest BCUT2D eigenvalue weighted by molar-refractivity contribution is 0.733. The average molecular weight is 275 g/mol. The molecule has 3 aromatic rings. The Kier molecular flexibility index (Phi) is 3.45. The van der Waals surface area contributed by atoms with Crippen molar-refractivity contribution in [3.05, 3.63) is 65.0 Å². The van der Waals surface area contributed by atoms with E-state index >= 15 is 0 Å². The molecule has 2 aromatic carbocycles. The van der Waals surface area contributed by atoms with Crippen LogP contribution in [0.2, 0.25) is 0 Å². The monoisotopic (exact) mass is 275 g/mol. The summed E-state index contributed by atoms with van der Waals surface area (Å²) in [7, 11) is 0. The average Bonchev–Trinajstić information content (AvgIpc) is 2.83. The molecule has 0 fully saturated rings. The highest BCUT2D eigenvalue weighted by molar-refractivity contribution is 5.77. The summed E-state index contributed by atoms with van der Waals surface area (Å²) in [6, 6.07) is 16.4. The zero-order valence-electron chi connectivity index (χ0n) is 12.3. The van der Waals surface area contributed by atoms with E-state index in [0.717, 1.165) is 29.8 Å². The van der Waals surface area contributed by atoms with Crippen molar-refractivity contribution in [3.8, 4) is 6.07 Å². The minimum Gasteiger partial charge on any atom is -0.328 e. The highest BCUT2D eigenvalue weighted by atomic mass is 15.1. The third-order valence-electron chi connectivity index (χ3n) is 3.72. The van der Waals surface area contributed by atoms with E-state index < -0.39 is 0 Å². The molecule has 1 aromatic heterocycles. The van der Waals surface area contributed by atoms with Crippen molar-refractivity contribution in [2.24, 2.45) is 0 Å². The van der Waals surface area contributed by atoms with Crippen molar-refractivity contribution < 1.29 is 0 Å². The minimum atomic E-state index is 0.658. The maximum absolute atomic E-state index is 9.01. The van der Waals surface area contributed by atoms with Crippen LogP contribution in [0.1, 0.15) is 29.4 Å². The van der Waals surface area contributed by atoms with Crippen LogP contribution in [0.25, 0.3) is 11.0 Å². The van der Waals surface area contributed by atoms with Gasteiger partial charge < -0.3 is 4.57 Å². The van der Waals surface area contributed by atoms with Crippen LogP contribution >= 0.6 is 0 Å². The predicted octanol–water partition coefficient (Wildman–Crippen LogP) is 3.83. The van der Waals surface area contributed by atoms with Gasteiger partial charge in [-0.15, -0.1) is 0 Å². The van der Waals surface area contributed by atoms with E-state index in [1.54, 1.807) is 0 Å². The van der Waals surface area contributed by atoms with Gasteiger partial charge in [-0.05, 0) is 37.6 Å². The van der Waals surface area contributed by atoms with E-state index in [9.17, 15) is 0 Å². The smallest absolute Gasteiger partial charge is 0.114 e. The first kappa shape index (κ1) is 13.4. The lowest BCUT2D eigenvalue weighted by Gasteiger charge is -2.06. The summed E-state index contributed by atoms with van der Waals surface area (Å²) in [4.78, 5) is 4.73. The van der Waals surface area contributed by atoms with Gasteiger partial charge in [-0.2, -0.15) is 5.26 Å². The van der Waals surface area contributed by atoms with Gasteiger partial charge >= 0.3 is 0 Å². The molecule has 0 radical (unpaired) electrons. The highest BCUT2D eigenvalue weighted by Crippen LogP contribution is 2.20. The van der Waals surface area contributed by atoms with Crippen molar-refractivity contribution in [3.63, 3.8) is 0 Å². The molecule has 3 nitrogen and oxygen atoms in total. The van der Waals surface area contributed by atoms with Crippen molar-refractivity contribution in [2.75, 3.05) is 0 Å². The molecule has 0 atom stereocenters. The molecule has 3 rings (SSSR count). The molecule has 3 heteroatoms. The molecule has 0 saturated heterocycles. The van der Waals surface area contributed by atoms with Crippen molar-refractivity contribution in [2.45, 2.75) is 26.8 Å². The van der Waals surface area contributed by atoms with Gasteiger partial charge in [0.25, 0.3) is 0 Å². The lowest BCUT2D eigenvalue weighted by Crippen LogP contribution is -2.02. The molecular weight excluding hydrogens is 258 g/mol. The van der Waals surface area contributed by atoms with Crippen LogP contribution < -0.4 is 0 Å². The number of imidazole rings is 1. The molecule has 0 aliphatic carbocycles. The van der Waals surface area contributed by atoms with Crippen LogP contribution in [0.4, 0.5) is 0 Å². The van der Waals surface area contributed by atoms with Crippen molar-refractivity contribution in [1.82, 2.24) is 9.55 Å². The van der Waals surface area contributed by atoms with Crippen LogP contribution in [0.3, 0.4) is 0 Å². The highest BCUT2D eigenvalue weighted by Gasteiger charge is 2.10. The predicted molar refractivity (Wildman–Crippen MR) is 84.1 cm³/mol. The fraction of sp³-hybridized carbons (Fsp3) is 0.222. The van der Waals surface area contributed by atoms with Gasteiger partial charge in [0.05, 0.1) is 22.7 Å². The molecule has 0 spiro atoms. The SMILES string of the molecule is CCn1c(Cc2cccc(C)c2)nc2cc(C#N)ccc21. The fourth-order valence-electron chi connectivity index (χ4n) is 2.74. The number of aryl methyl sites for hydroxylation is 2. The molecule has 21 heavy (non-hydrogen) atoms. The van der Waals surface area contributed by atoms with Crippen LogP contribution in [-0.2, 0) is 13.0 Å². The second-order valence-electron chi connectivity index (χ2n) is 5.25. The Bertz CT molecular complexity index is 837. The van der Waals surface area contributed by atoms with Gasteiger partial charge in [0, 0.05) is 13.0 Å². The number of fused-ring (bicyclic) bond motifs is 1. The summed E-state index contributed by atoms with van der Waals surface area (Å²) in [6.45, 7) is 5.11. The lowest BCUT2D eigenvalue weighted by atomic mass is 10.1. The van der Waals surface area contributed by atoms with Gasteiger partial charge in [-0.1, -0.05) is 29.8 Å². The van der Waals surface area contributed by atoms with Gasteiger partial charge in [0.15, 0.2) is 0 Å². The van der Waals surface area contributed by atoms with Gasteiger partial charge in [-0.25, -0.2) is 4.98 Å². The molecule has 0 aliphatic rings. The number of hydrogen-bond donors (Lipinski definition) is 0. The van der Waals surface area contributed by atoms with Crippen LogP contribution in [0.5, 0.6) is 0 Å². The third kappa shape index (κ3) is 2.53. The first-order valence-electron chi connectivity index (χ1n) is 7.16. The van der Waals surface area contributed by atoms with E-state index in [1.807, 2.05) is 18.2 Å². The fourth-order valence-corrected chi connectivity index (χ4v) is 2.74. The molecule has 1 heterocycles. The largest absolute Gasteiger partial charge is 0.328 e. The van der Waals surface area contributed by atoms with E-state index in [2.05, 4.69) is 48.7 Å². The summed E-state index contributed by atoms with van der Waals surface area (Å²) in [6.07, 6.45) is 0.812. The standard InChI is InChI=1S/C18H17N3/c1-3-21-17-8-7-15(12-19)10-16(17)20-18(21)11-14-6-4-5-13(2)9-14/h4-10H,3,11H2,1-2H3. The Morgan fingerprint density at radius 2 is 2.05 bits per heavy atom. The molecule has 0 saturated carbocycles. The molecule has 0 amide bonds. The number of benzene rings is 2. The molecule has 0 bridgehead atoms. The Morgan fingerprint density at radius 1 is 1.19 bits per heavy atom. The second-order valence-corrected chi connectivity index (χ2v) is 5.25. The van der Waals surface area contributed by atoms with Gasteiger partial charge in [0.2, 0.25) is 0 Å². The third-order valence-corrected chi connectivity index (χ3v) is 3.72. The zero-order chi connectivity index (χ0) is 14.8. The molecule has 104 valence electrons. The van der Waals surface area contributed by atoms with Crippen LogP contribution in [0.15, 0.2) is 42.5 Å². The summed E-state index contributed by atoms with van der Waals surface area (Å²) in [5.74, 6) is 1.05. The van der Waals surface area contributed by atoms with Crippen LogP contribution in [-0.4, -0.2) is 9.55 Å². The minimum absolute atomic E-state index is 0.658. The van der Waals surface area contributed by atoms with E-state index in [-0.39, 0.29) is 0 Å². The number of nitriles is 1. The van der Waals surface area contributed by atoms with E-state index in [0.29, 0.717) is 5.56 Å². The van der Waals surface area contributed by atoms with Crippen molar-refractivity contribution in [1.29, 1.82) is 5.26 Å². The van der Waals surface area contributed by atoms with E-state index in [1.165, 1.54) is 11.1 Å². The summed E-state index contributed by atoms with van der Waals surface area (Å²) in [5.41, 5.74) is 5.18. The quantitative estimate of drug-likeness (QED) is 0.729. The summed E-state index contributed by atoms with van der Waals surface area (Å²) in [5, 5.41) is 9.01. The molecule has 0 N–H and O–H groups in total.